The maximum Gasteiger partial charge on any atom is 0.346 e. The summed E-state index contributed by atoms with van der Waals surface area (Å²) in [5.41, 5.74) is 5.66. The van der Waals surface area contributed by atoms with Gasteiger partial charge in [0.1, 0.15) is 11.4 Å². The van der Waals surface area contributed by atoms with Crippen molar-refractivity contribution in [3.8, 4) is 0 Å². The van der Waals surface area contributed by atoms with Crippen LogP contribution in [0.5, 0.6) is 0 Å². The molecule has 1 aliphatic heterocycles. The standard InChI is InChI=1S/C11H19N3O/c1-4-14-10(15)13-9(12)11(14)5-8(6-11)7(2)3/h7-8H,4-6H2,1-3H3,(H2,12,13,15). The highest BCUT2D eigenvalue weighted by Crippen LogP contribution is 2.48. The van der Waals surface area contributed by atoms with E-state index in [4.69, 9.17) is 5.73 Å². The number of likely N-dealkylation sites (N-methyl/N-ethyl adjacent to an activating group) is 1. The predicted octanol–water partition coefficient (Wildman–Crippen LogP) is 1.60. The van der Waals surface area contributed by atoms with Crippen LogP contribution in [0.15, 0.2) is 4.99 Å². The normalized spacial score (nSPS) is 34.9. The molecular weight excluding hydrogens is 190 g/mol. The summed E-state index contributed by atoms with van der Waals surface area (Å²) in [6.45, 7) is 7.13. The molecule has 4 nitrogen and oxygen atoms in total. The van der Waals surface area contributed by atoms with Gasteiger partial charge in [-0.05, 0) is 31.6 Å². The molecule has 84 valence electrons. The third-order valence-corrected chi connectivity index (χ3v) is 3.90. The van der Waals surface area contributed by atoms with Crippen molar-refractivity contribution in [2.45, 2.75) is 39.2 Å². The Labute approximate surface area is 90.5 Å². The monoisotopic (exact) mass is 209 g/mol. The molecule has 0 aromatic rings. The van der Waals surface area contributed by atoms with E-state index in [1.807, 2.05) is 11.8 Å². The molecule has 2 aliphatic rings. The summed E-state index contributed by atoms with van der Waals surface area (Å²) in [5.74, 6) is 1.88. The van der Waals surface area contributed by atoms with E-state index in [1.165, 1.54) is 0 Å². The van der Waals surface area contributed by atoms with Gasteiger partial charge >= 0.3 is 6.03 Å². The maximum absolute atomic E-state index is 11.6. The molecule has 1 spiro atoms. The van der Waals surface area contributed by atoms with E-state index in [-0.39, 0.29) is 11.6 Å². The Kier molecular flexibility index (Phi) is 2.24. The van der Waals surface area contributed by atoms with E-state index in [2.05, 4.69) is 18.8 Å². The zero-order chi connectivity index (χ0) is 11.2. The molecule has 2 amide bonds. The van der Waals surface area contributed by atoms with Gasteiger partial charge in [-0.15, -0.1) is 0 Å². The minimum Gasteiger partial charge on any atom is -0.385 e. The van der Waals surface area contributed by atoms with E-state index >= 15 is 0 Å². The molecule has 1 saturated carbocycles. The Morgan fingerprint density at radius 3 is 2.67 bits per heavy atom. The highest BCUT2D eigenvalue weighted by atomic mass is 16.2. The number of amides is 2. The zero-order valence-electron chi connectivity index (χ0n) is 9.66. The van der Waals surface area contributed by atoms with Crippen molar-refractivity contribution in [1.29, 1.82) is 0 Å². The molecule has 0 bridgehead atoms. The van der Waals surface area contributed by atoms with Crippen LogP contribution >= 0.6 is 0 Å². The summed E-state index contributed by atoms with van der Waals surface area (Å²) in [6, 6.07) is -0.155. The van der Waals surface area contributed by atoms with Gasteiger partial charge < -0.3 is 10.6 Å². The summed E-state index contributed by atoms with van der Waals surface area (Å²) < 4.78 is 0. The first-order chi connectivity index (χ1) is 7.01. The van der Waals surface area contributed by atoms with Gasteiger partial charge in [0, 0.05) is 6.54 Å². The molecule has 0 aromatic heterocycles. The first-order valence-electron chi connectivity index (χ1n) is 5.67. The van der Waals surface area contributed by atoms with E-state index < -0.39 is 0 Å². The average Bonchev–Trinajstić information content (AvgIpc) is 2.32. The number of rotatable bonds is 2. The SMILES string of the molecule is CCN1C(=O)N=C(N)C12CC(C(C)C)C2. The van der Waals surface area contributed by atoms with E-state index in [0.29, 0.717) is 24.2 Å². The molecule has 4 heteroatoms. The Hall–Kier alpha value is -1.06. The number of aliphatic imine (C=N–C) groups is 1. The highest BCUT2D eigenvalue weighted by molar-refractivity contribution is 6.06. The Balaban J connectivity index is 2.16. The quantitative estimate of drug-likeness (QED) is 0.751. The zero-order valence-corrected chi connectivity index (χ0v) is 9.66. The van der Waals surface area contributed by atoms with Gasteiger partial charge in [0.05, 0.1) is 0 Å². The molecule has 0 unspecified atom stereocenters. The number of carbonyl (C=O) groups is 1. The van der Waals surface area contributed by atoms with Crippen molar-refractivity contribution in [1.82, 2.24) is 4.90 Å². The van der Waals surface area contributed by atoms with Crippen molar-refractivity contribution in [2.24, 2.45) is 22.6 Å². The minimum atomic E-state index is -0.221. The lowest BCUT2D eigenvalue weighted by Gasteiger charge is -2.51. The fourth-order valence-corrected chi connectivity index (χ4v) is 2.74. The molecule has 1 fully saturated rings. The number of carbonyl (C=O) groups excluding carboxylic acids is 1. The number of urea groups is 1. The molecule has 1 heterocycles. The fraction of sp³-hybridized carbons (Fsp3) is 0.818. The molecule has 0 saturated heterocycles. The lowest BCUT2D eigenvalue weighted by molar-refractivity contribution is 0.0483. The second kappa shape index (κ2) is 3.22. The molecule has 2 rings (SSSR count). The van der Waals surface area contributed by atoms with Crippen molar-refractivity contribution in [2.75, 3.05) is 6.54 Å². The number of hydrogen-bond acceptors (Lipinski definition) is 2. The van der Waals surface area contributed by atoms with Crippen LogP contribution in [0.2, 0.25) is 0 Å². The third-order valence-electron chi connectivity index (χ3n) is 3.90. The number of amidine groups is 1. The molecular formula is C11H19N3O. The summed E-state index contributed by atoms with van der Waals surface area (Å²) >= 11 is 0. The van der Waals surface area contributed by atoms with Crippen LogP contribution in [-0.2, 0) is 0 Å². The summed E-state index contributed by atoms with van der Waals surface area (Å²) in [5, 5.41) is 0. The Bertz CT molecular complexity index is 316. The first kappa shape index (κ1) is 10.5. The number of nitrogens with two attached hydrogens (primary N) is 1. The van der Waals surface area contributed by atoms with E-state index in [0.717, 1.165) is 12.8 Å². The van der Waals surface area contributed by atoms with Gasteiger partial charge in [-0.1, -0.05) is 13.8 Å². The van der Waals surface area contributed by atoms with Crippen molar-refractivity contribution >= 4 is 11.9 Å². The van der Waals surface area contributed by atoms with Crippen LogP contribution in [0.1, 0.15) is 33.6 Å². The summed E-state index contributed by atoms with van der Waals surface area (Å²) in [7, 11) is 0. The topological polar surface area (TPSA) is 58.7 Å². The minimum absolute atomic E-state index is 0.155. The second-order valence-electron chi connectivity index (χ2n) is 4.97. The predicted molar refractivity (Wildman–Crippen MR) is 59.7 cm³/mol. The van der Waals surface area contributed by atoms with Gasteiger partial charge in [-0.3, -0.25) is 0 Å². The largest absolute Gasteiger partial charge is 0.385 e. The Morgan fingerprint density at radius 1 is 1.60 bits per heavy atom. The van der Waals surface area contributed by atoms with Crippen LogP contribution in [-0.4, -0.2) is 28.9 Å². The smallest absolute Gasteiger partial charge is 0.346 e. The number of nitrogens with zero attached hydrogens (tertiary/aromatic N) is 2. The molecule has 2 N–H and O–H groups in total. The molecule has 0 aromatic carbocycles. The second-order valence-corrected chi connectivity index (χ2v) is 4.97. The van der Waals surface area contributed by atoms with E-state index in [9.17, 15) is 4.79 Å². The van der Waals surface area contributed by atoms with Crippen molar-refractivity contribution in [3.63, 3.8) is 0 Å². The van der Waals surface area contributed by atoms with Gasteiger partial charge in [0.15, 0.2) is 0 Å². The van der Waals surface area contributed by atoms with Crippen LogP contribution in [0, 0.1) is 11.8 Å². The first-order valence-corrected chi connectivity index (χ1v) is 5.67. The fourth-order valence-electron chi connectivity index (χ4n) is 2.74. The lowest BCUT2D eigenvalue weighted by Crippen LogP contribution is -2.62. The van der Waals surface area contributed by atoms with Gasteiger partial charge in [-0.2, -0.15) is 4.99 Å². The van der Waals surface area contributed by atoms with Gasteiger partial charge in [-0.25, -0.2) is 4.79 Å². The lowest BCUT2D eigenvalue weighted by atomic mass is 9.63. The number of hydrogen-bond donors (Lipinski definition) is 1. The maximum atomic E-state index is 11.6. The molecule has 15 heavy (non-hydrogen) atoms. The van der Waals surface area contributed by atoms with Gasteiger partial charge in [0.25, 0.3) is 0 Å². The average molecular weight is 209 g/mol. The van der Waals surface area contributed by atoms with Crippen molar-refractivity contribution in [3.05, 3.63) is 0 Å². The Morgan fingerprint density at radius 2 is 2.20 bits per heavy atom. The van der Waals surface area contributed by atoms with Crippen LogP contribution in [0.25, 0.3) is 0 Å². The van der Waals surface area contributed by atoms with E-state index in [1.54, 1.807) is 0 Å². The van der Waals surface area contributed by atoms with Crippen LogP contribution in [0.3, 0.4) is 0 Å². The third kappa shape index (κ3) is 1.27. The summed E-state index contributed by atoms with van der Waals surface area (Å²) in [4.78, 5) is 17.3. The molecule has 0 atom stereocenters. The molecule has 1 aliphatic carbocycles. The van der Waals surface area contributed by atoms with Crippen LogP contribution in [0.4, 0.5) is 4.79 Å². The molecule has 0 radical (unpaired) electrons. The van der Waals surface area contributed by atoms with Gasteiger partial charge in [0.2, 0.25) is 0 Å². The van der Waals surface area contributed by atoms with Crippen LogP contribution < -0.4 is 5.73 Å². The van der Waals surface area contributed by atoms with Crippen molar-refractivity contribution < 1.29 is 4.79 Å². The highest BCUT2D eigenvalue weighted by Gasteiger charge is 2.56. The summed E-state index contributed by atoms with van der Waals surface area (Å²) in [6.07, 6.45) is 1.97.